The predicted octanol–water partition coefficient (Wildman–Crippen LogP) is 3.64. The summed E-state index contributed by atoms with van der Waals surface area (Å²) in [5.41, 5.74) is 2.98. The van der Waals surface area contributed by atoms with E-state index >= 15 is 0 Å². The maximum absolute atomic E-state index is 12.4. The Kier molecular flexibility index (Phi) is 6.09. The second-order valence-electron chi connectivity index (χ2n) is 4.70. The summed E-state index contributed by atoms with van der Waals surface area (Å²) >= 11 is 2.82. The van der Waals surface area contributed by atoms with Gasteiger partial charge in [0.1, 0.15) is 5.51 Å². The number of carbonyl (C=O) groups is 2. The van der Waals surface area contributed by atoms with Gasteiger partial charge in [-0.1, -0.05) is 30.0 Å². The van der Waals surface area contributed by atoms with Gasteiger partial charge < -0.3 is 5.32 Å². The van der Waals surface area contributed by atoms with E-state index in [0.29, 0.717) is 17.7 Å². The van der Waals surface area contributed by atoms with Crippen LogP contribution in [0.2, 0.25) is 0 Å². The Labute approximate surface area is 137 Å². The lowest BCUT2D eigenvalue weighted by Gasteiger charge is -2.09. The number of nitrogens with one attached hydrogen (secondary N) is 1. The number of Topliss-reactive ketones (excluding diaryl/α,β-unsaturated/α-hetero) is 1. The normalized spacial score (nSPS) is 11.9. The number of anilines is 1. The van der Waals surface area contributed by atoms with Crippen molar-refractivity contribution in [2.75, 3.05) is 5.32 Å². The first kappa shape index (κ1) is 16.6. The fourth-order valence-electron chi connectivity index (χ4n) is 1.82. The van der Waals surface area contributed by atoms with Crippen LogP contribution in [0.5, 0.6) is 0 Å². The molecule has 0 saturated carbocycles. The molecule has 0 fully saturated rings. The zero-order valence-electron chi connectivity index (χ0n) is 12.4. The van der Waals surface area contributed by atoms with Gasteiger partial charge in [0.2, 0.25) is 5.91 Å². The Morgan fingerprint density at radius 3 is 2.64 bits per heavy atom. The molecule has 7 heteroatoms. The first-order valence-electron chi connectivity index (χ1n) is 6.97. The standard InChI is InChI=1S/C15H17N3O2S2/c1-3-4-13(19)17-12-7-5-11(6-8-12)14(20)10(2)22-15-18-16-9-21-15/h5-10H,3-4H2,1-2H3,(H,17,19)/t10-/m1/s1. The summed E-state index contributed by atoms with van der Waals surface area (Å²) in [5.74, 6) is 0.0217. The monoisotopic (exact) mass is 335 g/mol. The molecule has 1 heterocycles. The molecule has 116 valence electrons. The van der Waals surface area contributed by atoms with Crippen LogP contribution in [0.15, 0.2) is 34.1 Å². The fourth-order valence-corrected chi connectivity index (χ4v) is 3.53. The Morgan fingerprint density at radius 1 is 1.32 bits per heavy atom. The molecule has 0 aliphatic heterocycles. The van der Waals surface area contributed by atoms with Gasteiger partial charge in [0.05, 0.1) is 5.25 Å². The molecule has 0 aliphatic carbocycles. The summed E-state index contributed by atoms with van der Waals surface area (Å²) in [6.07, 6.45) is 1.30. The van der Waals surface area contributed by atoms with E-state index in [-0.39, 0.29) is 16.9 Å². The van der Waals surface area contributed by atoms with E-state index in [2.05, 4.69) is 15.5 Å². The van der Waals surface area contributed by atoms with Crippen LogP contribution in [0, 0.1) is 0 Å². The molecule has 0 saturated heterocycles. The number of aromatic nitrogens is 2. The highest BCUT2D eigenvalue weighted by Gasteiger charge is 2.18. The van der Waals surface area contributed by atoms with Gasteiger partial charge in [0.25, 0.3) is 0 Å². The van der Waals surface area contributed by atoms with Crippen LogP contribution >= 0.6 is 23.1 Å². The SMILES string of the molecule is CCCC(=O)Nc1ccc(C(=O)[C@@H](C)Sc2nncs2)cc1. The molecule has 1 aromatic heterocycles. The molecule has 0 unspecified atom stereocenters. The van der Waals surface area contributed by atoms with Crippen molar-refractivity contribution >= 4 is 40.5 Å². The second kappa shape index (κ2) is 8.05. The Bertz CT molecular complexity index is 627. The van der Waals surface area contributed by atoms with Crippen LogP contribution in [-0.2, 0) is 4.79 Å². The Hall–Kier alpha value is -1.73. The third kappa shape index (κ3) is 4.64. The van der Waals surface area contributed by atoms with Crippen molar-refractivity contribution < 1.29 is 9.59 Å². The summed E-state index contributed by atoms with van der Waals surface area (Å²) in [4.78, 5) is 23.9. The van der Waals surface area contributed by atoms with Crippen molar-refractivity contribution in [1.82, 2.24) is 10.2 Å². The van der Waals surface area contributed by atoms with Crippen molar-refractivity contribution in [1.29, 1.82) is 0 Å². The van der Waals surface area contributed by atoms with Crippen LogP contribution in [-0.4, -0.2) is 27.1 Å². The minimum absolute atomic E-state index is 0.0123. The third-order valence-corrected chi connectivity index (χ3v) is 4.83. The molecule has 1 atom stereocenters. The first-order valence-corrected chi connectivity index (χ1v) is 8.73. The molecule has 0 spiro atoms. The van der Waals surface area contributed by atoms with E-state index in [0.717, 1.165) is 10.8 Å². The van der Waals surface area contributed by atoms with Gasteiger partial charge in [-0.3, -0.25) is 9.59 Å². The molecule has 0 aliphatic rings. The number of nitrogens with zero attached hydrogens (tertiary/aromatic N) is 2. The van der Waals surface area contributed by atoms with E-state index in [4.69, 9.17) is 0 Å². The van der Waals surface area contributed by atoms with Crippen molar-refractivity contribution in [3.63, 3.8) is 0 Å². The van der Waals surface area contributed by atoms with Crippen molar-refractivity contribution in [3.8, 4) is 0 Å². The molecule has 22 heavy (non-hydrogen) atoms. The maximum atomic E-state index is 12.4. The number of rotatable bonds is 7. The quantitative estimate of drug-likeness (QED) is 0.618. The zero-order valence-corrected chi connectivity index (χ0v) is 14.0. The van der Waals surface area contributed by atoms with E-state index in [1.54, 1.807) is 29.8 Å². The van der Waals surface area contributed by atoms with Gasteiger partial charge in [0.15, 0.2) is 10.1 Å². The van der Waals surface area contributed by atoms with Crippen LogP contribution in [0.4, 0.5) is 5.69 Å². The highest BCUT2D eigenvalue weighted by Crippen LogP contribution is 2.26. The molecule has 1 amide bonds. The largest absolute Gasteiger partial charge is 0.326 e. The van der Waals surface area contributed by atoms with E-state index in [1.807, 2.05) is 13.8 Å². The molecule has 5 nitrogen and oxygen atoms in total. The minimum atomic E-state index is -0.228. The van der Waals surface area contributed by atoms with Crippen LogP contribution < -0.4 is 5.32 Å². The molecule has 2 rings (SSSR count). The summed E-state index contributed by atoms with van der Waals surface area (Å²) in [7, 11) is 0. The van der Waals surface area contributed by atoms with Gasteiger partial charge >= 0.3 is 0 Å². The lowest BCUT2D eigenvalue weighted by molar-refractivity contribution is -0.116. The van der Waals surface area contributed by atoms with Crippen LogP contribution in [0.1, 0.15) is 37.0 Å². The smallest absolute Gasteiger partial charge is 0.224 e. The van der Waals surface area contributed by atoms with Crippen molar-refractivity contribution in [3.05, 3.63) is 35.3 Å². The van der Waals surface area contributed by atoms with Gasteiger partial charge in [-0.2, -0.15) is 0 Å². The van der Waals surface area contributed by atoms with Crippen LogP contribution in [0.3, 0.4) is 0 Å². The van der Waals surface area contributed by atoms with Gasteiger partial charge in [0, 0.05) is 17.7 Å². The molecule has 1 aromatic carbocycles. The molecule has 0 radical (unpaired) electrons. The number of hydrogen-bond acceptors (Lipinski definition) is 6. The number of carbonyl (C=O) groups excluding carboxylic acids is 2. The van der Waals surface area contributed by atoms with Gasteiger partial charge in [-0.25, -0.2) is 0 Å². The summed E-state index contributed by atoms with van der Waals surface area (Å²) in [5, 5.41) is 10.3. The number of thioether (sulfide) groups is 1. The maximum Gasteiger partial charge on any atom is 0.224 e. The number of benzene rings is 1. The van der Waals surface area contributed by atoms with Gasteiger partial charge in [-0.15, -0.1) is 10.2 Å². The summed E-state index contributed by atoms with van der Waals surface area (Å²) < 4.78 is 0.782. The summed E-state index contributed by atoms with van der Waals surface area (Å²) in [6.45, 7) is 3.81. The number of ketones is 1. The molecule has 2 aromatic rings. The highest BCUT2D eigenvalue weighted by molar-refractivity contribution is 8.02. The highest BCUT2D eigenvalue weighted by atomic mass is 32.2. The number of amides is 1. The van der Waals surface area contributed by atoms with Crippen LogP contribution in [0.25, 0.3) is 0 Å². The lowest BCUT2D eigenvalue weighted by Crippen LogP contribution is -2.14. The third-order valence-electron chi connectivity index (χ3n) is 2.92. The molecule has 1 N–H and O–H groups in total. The molecular formula is C15H17N3O2S2. The van der Waals surface area contributed by atoms with E-state index in [9.17, 15) is 9.59 Å². The van der Waals surface area contributed by atoms with E-state index < -0.39 is 0 Å². The predicted molar refractivity (Wildman–Crippen MR) is 89.5 cm³/mol. The zero-order chi connectivity index (χ0) is 15.9. The van der Waals surface area contributed by atoms with E-state index in [1.165, 1.54) is 23.1 Å². The molecular weight excluding hydrogens is 318 g/mol. The van der Waals surface area contributed by atoms with Crippen molar-refractivity contribution in [2.24, 2.45) is 0 Å². The fraction of sp³-hybridized carbons (Fsp3) is 0.333. The first-order chi connectivity index (χ1) is 10.6. The summed E-state index contributed by atoms with van der Waals surface area (Å²) in [6, 6.07) is 6.98. The topological polar surface area (TPSA) is 72.0 Å². The van der Waals surface area contributed by atoms with Crippen molar-refractivity contribution in [2.45, 2.75) is 36.3 Å². The average Bonchev–Trinajstić information content (AvgIpc) is 3.00. The number of hydrogen-bond donors (Lipinski definition) is 1. The minimum Gasteiger partial charge on any atom is -0.326 e. The second-order valence-corrected chi connectivity index (χ2v) is 7.13. The Morgan fingerprint density at radius 2 is 2.05 bits per heavy atom. The Balaban J connectivity index is 1.97. The average molecular weight is 335 g/mol. The lowest BCUT2D eigenvalue weighted by atomic mass is 10.1. The van der Waals surface area contributed by atoms with Gasteiger partial charge in [-0.05, 0) is 37.6 Å². The molecule has 0 bridgehead atoms.